The van der Waals surface area contributed by atoms with Crippen LogP contribution in [-0.2, 0) is 6.54 Å². The van der Waals surface area contributed by atoms with Crippen LogP contribution in [0.1, 0.15) is 39.2 Å². The first-order chi connectivity index (χ1) is 10.2. The predicted octanol–water partition coefficient (Wildman–Crippen LogP) is 4.76. The molecule has 0 bridgehead atoms. The summed E-state index contributed by atoms with van der Waals surface area (Å²) in [7, 11) is 0. The van der Waals surface area contributed by atoms with Crippen molar-refractivity contribution in [2.45, 2.75) is 40.2 Å². The predicted molar refractivity (Wildman–Crippen MR) is 90.9 cm³/mol. The molecule has 0 radical (unpaired) electrons. The number of hydrogen-bond acceptors (Lipinski definition) is 2. The van der Waals surface area contributed by atoms with Gasteiger partial charge < -0.3 is 10.1 Å². The average Bonchev–Trinajstić information content (AvgIpc) is 2.48. The SMILES string of the molecule is CCCNCc1c(OCCC(C)C)ccc2ccccc12. The van der Waals surface area contributed by atoms with Crippen molar-refractivity contribution in [1.82, 2.24) is 5.32 Å². The maximum absolute atomic E-state index is 6.05. The second kappa shape index (κ2) is 8.04. The van der Waals surface area contributed by atoms with E-state index in [-0.39, 0.29) is 0 Å². The molecule has 2 nitrogen and oxygen atoms in total. The highest BCUT2D eigenvalue weighted by molar-refractivity contribution is 5.87. The number of rotatable bonds is 8. The third kappa shape index (κ3) is 4.47. The zero-order chi connectivity index (χ0) is 15.1. The van der Waals surface area contributed by atoms with E-state index in [1.807, 2.05) is 0 Å². The third-order valence-electron chi connectivity index (χ3n) is 3.68. The molecule has 0 fully saturated rings. The van der Waals surface area contributed by atoms with Crippen LogP contribution >= 0.6 is 0 Å². The molecule has 0 aliphatic carbocycles. The maximum Gasteiger partial charge on any atom is 0.124 e. The molecule has 0 aliphatic rings. The van der Waals surface area contributed by atoms with E-state index in [0.29, 0.717) is 5.92 Å². The van der Waals surface area contributed by atoms with E-state index in [4.69, 9.17) is 4.74 Å². The molecular weight excluding hydrogens is 258 g/mol. The molecule has 1 N–H and O–H groups in total. The summed E-state index contributed by atoms with van der Waals surface area (Å²) in [5.74, 6) is 1.70. The van der Waals surface area contributed by atoms with Gasteiger partial charge in [0, 0.05) is 12.1 Å². The van der Waals surface area contributed by atoms with Crippen molar-refractivity contribution in [2.24, 2.45) is 5.92 Å². The largest absolute Gasteiger partial charge is 0.493 e. The maximum atomic E-state index is 6.05. The van der Waals surface area contributed by atoms with Gasteiger partial charge in [-0.1, -0.05) is 51.1 Å². The number of hydrogen-bond donors (Lipinski definition) is 1. The Labute approximate surface area is 128 Å². The van der Waals surface area contributed by atoms with Crippen molar-refractivity contribution in [3.8, 4) is 5.75 Å². The molecule has 114 valence electrons. The summed E-state index contributed by atoms with van der Waals surface area (Å²) in [5.41, 5.74) is 1.28. The van der Waals surface area contributed by atoms with E-state index >= 15 is 0 Å². The van der Waals surface area contributed by atoms with Gasteiger partial charge in [0.15, 0.2) is 0 Å². The molecule has 0 heterocycles. The summed E-state index contributed by atoms with van der Waals surface area (Å²) in [6.45, 7) is 9.34. The minimum atomic E-state index is 0.673. The van der Waals surface area contributed by atoms with Crippen molar-refractivity contribution < 1.29 is 4.74 Å². The molecule has 21 heavy (non-hydrogen) atoms. The Hall–Kier alpha value is -1.54. The Morgan fingerprint density at radius 1 is 1.10 bits per heavy atom. The topological polar surface area (TPSA) is 21.3 Å². The van der Waals surface area contributed by atoms with Gasteiger partial charge in [0.2, 0.25) is 0 Å². The van der Waals surface area contributed by atoms with Crippen molar-refractivity contribution >= 4 is 10.8 Å². The summed E-state index contributed by atoms with van der Waals surface area (Å²) in [5, 5.41) is 6.08. The summed E-state index contributed by atoms with van der Waals surface area (Å²) in [4.78, 5) is 0. The minimum Gasteiger partial charge on any atom is -0.493 e. The summed E-state index contributed by atoms with van der Waals surface area (Å²) in [6.07, 6.45) is 2.24. The van der Waals surface area contributed by atoms with Crippen LogP contribution < -0.4 is 10.1 Å². The van der Waals surface area contributed by atoms with Gasteiger partial charge >= 0.3 is 0 Å². The van der Waals surface area contributed by atoms with Gasteiger partial charge in [-0.3, -0.25) is 0 Å². The molecule has 0 aliphatic heterocycles. The van der Waals surface area contributed by atoms with Gasteiger partial charge in [-0.25, -0.2) is 0 Å². The molecule has 0 aromatic heterocycles. The van der Waals surface area contributed by atoms with Gasteiger partial charge in [0.25, 0.3) is 0 Å². The van der Waals surface area contributed by atoms with Gasteiger partial charge in [-0.15, -0.1) is 0 Å². The number of nitrogens with one attached hydrogen (secondary N) is 1. The van der Waals surface area contributed by atoms with Crippen molar-refractivity contribution in [1.29, 1.82) is 0 Å². The van der Waals surface area contributed by atoms with Crippen molar-refractivity contribution in [2.75, 3.05) is 13.2 Å². The summed E-state index contributed by atoms with van der Waals surface area (Å²) in [6, 6.07) is 12.8. The van der Waals surface area contributed by atoms with Gasteiger partial charge in [-0.2, -0.15) is 0 Å². The van der Waals surface area contributed by atoms with Gasteiger partial charge in [0.1, 0.15) is 5.75 Å². The fraction of sp³-hybridized carbons (Fsp3) is 0.474. The Bertz CT molecular complexity index is 562. The minimum absolute atomic E-state index is 0.673. The lowest BCUT2D eigenvalue weighted by Gasteiger charge is -2.15. The molecule has 0 saturated carbocycles. The lowest BCUT2D eigenvalue weighted by atomic mass is 10.0. The average molecular weight is 285 g/mol. The molecule has 0 amide bonds. The van der Waals surface area contributed by atoms with Crippen LogP contribution in [0, 0.1) is 5.92 Å². The fourth-order valence-corrected chi connectivity index (χ4v) is 2.43. The second-order valence-electron chi connectivity index (χ2n) is 5.97. The lowest BCUT2D eigenvalue weighted by Crippen LogP contribution is -2.15. The number of benzene rings is 2. The molecule has 2 rings (SSSR count). The Kier molecular flexibility index (Phi) is 6.06. The highest BCUT2D eigenvalue weighted by atomic mass is 16.5. The molecule has 0 atom stereocenters. The number of ether oxygens (including phenoxy) is 1. The molecule has 0 saturated heterocycles. The first kappa shape index (κ1) is 15.8. The third-order valence-corrected chi connectivity index (χ3v) is 3.68. The Morgan fingerprint density at radius 3 is 2.67 bits per heavy atom. The highest BCUT2D eigenvalue weighted by Gasteiger charge is 2.08. The summed E-state index contributed by atoms with van der Waals surface area (Å²) < 4.78 is 6.05. The molecular formula is C19H27NO. The Morgan fingerprint density at radius 2 is 1.90 bits per heavy atom. The van der Waals surface area contributed by atoms with Crippen molar-refractivity contribution in [3.63, 3.8) is 0 Å². The number of fused-ring (bicyclic) bond motifs is 1. The Balaban J connectivity index is 2.22. The first-order valence-corrected chi connectivity index (χ1v) is 8.06. The van der Waals surface area contributed by atoms with E-state index in [9.17, 15) is 0 Å². The van der Waals surface area contributed by atoms with E-state index < -0.39 is 0 Å². The van der Waals surface area contributed by atoms with Crippen LogP contribution in [-0.4, -0.2) is 13.2 Å². The van der Waals surface area contributed by atoms with Crippen LogP contribution in [0.5, 0.6) is 5.75 Å². The molecule has 2 heteroatoms. The van der Waals surface area contributed by atoms with Crippen LogP contribution in [0.4, 0.5) is 0 Å². The highest BCUT2D eigenvalue weighted by Crippen LogP contribution is 2.28. The van der Waals surface area contributed by atoms with Crippen LogP contribution in [0.25, 0.3) is 10.8 Å². The smallest absolute Gasteiger partial charge is 0.124 e. The van der Waals surface area contributed by atoms with E-state index in [1.54, 1.807) is 0 Å². The zero-order valence-electron chi connectivity index (χ0n) is 13.5. The normalized spacial score (nSPS) is 11.2. The quantitative estimate of drug-likeness (QED) is 0.706. The molecule has 2 aromatic carbocycles. The van der Waals surface area contributed by atoms with E-state index in [0.717, 1.165) is 38.3 Å². The van der Waals surface area contributed by atoms with E-state index in [1.165, 1.54) is 16.3 Å². The van der Waals surface area contributed by atoms with Gasteiger partial charge in [-0.05, 0) is 42.1 Å². The van der Waals surface area contributed by atoms with Gasteiger partial charge in [0.05, 0.1) is 6.61 Å². The standard InChI is InChI=1S/C19H27NO/c1-4-12-20-14-18-17-8-6-5-7-16(17)9-10-19(18)21-13-11-15(2)3/h5-10,15,20H,4,11-14H2,1-3H3. The van der Waals surface area contributed by atoms with Crippen LogP contribution in [0.15, 0.2) is 36.4 Å². The second-order valence-corrected chi connectivity index (χ2v) is 5.97. The first-order valence-electron chi connectivity index (χ1n) is 8.06. The van der Waals surface area contributed by atoms with Crippen LogP contribution in [0.2, 0.25) is 0 Å². The van der Waals surface area contributed by atoms with Crippen molar-refractivity contribution in [3.05, 3.63) is 42.0 Å². The molecule has 2 aromatic rings. The monoisotopic (exact) mass is 285 g/mol. The van der Waals surface area contributed by atoms with Crippen LogP contribution in [0.3, 0.4) is 0 Å². The summed E-state index contributed by atoms with van der Waals surface area (Å²) >= 11 is 0. The molecule has 0 unspecified atom stereocenters. The molecule has 0 spiro atoms. The fourth-order valence-electron chi connectivity index (χ4n) is 2.43. The lowest BCUT2D eigenvalue weighted by molar-refractivity contribution is 0.287. The zero-order valence-corrected chi connectivity index (χ0v) is 13.5. The van der Waals surface area contributed by atoms with E-state index in [2.05, 4.69) is 62.5 Å².